The van der Waals surface area contributed by atoms with E-state index in [1.165, 1.54) is 6.07 Å². The largest absolute Gasteiger partial charge is 0.301 e. The Morgan fingerprint density at radius 3 is 2.58 bits per heavy atom. The van der Waals surface area contributed by atoms with Gasteiger partial charge < -0.3 is 0 Å². The van der Waals surface area contributed by atoms with Crippen molar-refractivity contribution < 1.29 is 17.8 Å². The molecular weight excluding hydrogens is 440 g/mol. The van der Waals surface area contributed by atoms with Gasteiger partial charge in [-0.2, -0.15) is 23.6 Å². The average Bonchev–Trinajstić information content (AvgIpc) is 3.00. The number of nitrogens with one attached hydrogen (secondary N) is 1. The average molecular weight is 457 g/mol. The summed E-state index contributed by atoms with van der Waals surface area (Å²) in [6.07, 6.45) is 0. The van der Waals surface area contributed by atoms with Crippen molar-refractivity contribution in [3.8, 4) is 0 Å². The number of benzene rings is 3. The summed E-state index contributed by atoms with van der Waals surface area (Å²) in [7, 11) is -4.57. The van der Waals surface area contributed by atoms with Crippen LogP contribution < -0.4 is 10.4 Å². The number of fused-ring (bicyclic) bond motifs is 1. The minimum atomic E-state index is -4.57. The van der Waals surface area contributed by atoms with Crippen LogP contribution in [0.1, 0.15) is 12.5 Å². The number of halogens is 1. The normalized spacial score (nSPS) is 15.6. The zero-order valence-corrected chi connectivity index (χ0v) is 18.1. The van der Waals surface area contributed by atoms with Crippen LogP contribution in [0.3, 0.4) is 0 Å². The molecule has 3 aromatic carbocycles. The minimum Gasteiger partial charge on any atom is -0.282 e. The number of rotatable bonds is 4. The highest BCUT2D eigenvalue weighted by molar-refractivity contribution is 7.86. The molecule has 8 nitrogen and oxygen atoms in total. The summed E-state index contributed by atoms with van der Waals surface area (Å²) in [5, 5.41) is 10.8. The molecule has 0 unspecified atom stereocenters. The van der Waals surface area contributed by atoms with Crippen molar-refractivity contribution >= 4 is 61.2 Å². The van der Waals surface area contributed by atoms with E-state index < -0.39 is 16.0 Å². The first-order valence-corrected chi connectivity index (χ1v) is 11.0. The van der Waals surface area contributed by atoms with Gasteiger partial charge in [0, 0.05) is 5.39 Å². The molecule has 0 saturated heterocycles. The summed E-state index contributed by atoms with van der Waals surface area (Å²) >= 11 is 6.22. The van der Waals surface area contributed by atoms with Crippen LogP contribution in [0.4, 0.5) is 11.4 Å². The van der Waals surface area contributed by atoms with Crippen LogP contribution in [0.15, 0.2) is 69.7 Å². The Morgan fingerprint density at radius 2 is 1.84 bits per heavy atom. The smallest absolute Gasteiger partial charge is 0.282 e. The summed E-state index contributed by atoms with van der Waals surface area (Å²) in [5.74, 6) is -0.522. The lowest BCUT2D eigenvalue weighted by Gasteiger charge is -2.14. The van der Waals surface area contributed by atoms with E-state index in [0.717, 1.165) is 10.6 Å². The number of hydrogen-bond acceptors (Lipinski definition) is 6. The lowest BCUT2D eigenvalue weighted by molar-refractivity contribution is -0.112. The summed E-state index contributed by atoms with van der Waals surface area (Å²) in [5.41, 5.74) is 4.26. The third-order valence-corrected chi connectivity index (χ3v) is 6.02. The molecule has 0 aliphatic carbocycles. The molecule has 0 fully saturated rings. The predicted molar refractivity (Wildman–Crippen MR) is 122 cm³/mol. The maximum absolute atomic E-state index is 12.9. The molecule has 0 spiro atoms. The second-order valence-corrected chi connectivity index (χ2v) is 8.73. The first-order chi connectivity index (χ1) is 14.7. The zero-order chi connectivity index (χ0) is 22.3. The Hall–Kier alpha value is -3.27. The van der Waals surface area contributed by atoms with Gasteiger partial charge in [-0.3, -0.25) is 14.8 Å². The fourth-order valence-electron chi connectivity index (χ4n) is 3.30. The van der Waals surface area contributed by atoms with Gasteiger partial charge >= 0.3 is 5.91 Å². The van der Waals surface area contributed by atoms with Gasteiger partial charge in [-0.25, -0.2) is 0 Å². The standard InChI is InChI=1S/C21H17ClN4O4S/c1-12-7-9-16(22)18(11-12)26-21(27)19(13(2)25-26)24-23-17-10-8-14-5-3-4-6-15(14)20(17)31(28,29)30/h3-11,23H,1-2H3,(H,28,29,30)/b24-19-. The molecule has 31 heavy (non-hydrogen) atoms. The highest BCUT2D eigenvalue weighted by Crippen LogP contribution is 2.32. The van der Waals surface area contributed by atoms with Crippen LogP contribution >= 0.6 is 11.6 Å². The molecule has 0 radical (unpaired) electrons. The number of anilines is 2. The summed E-state index contributed by atoms with van der Waals surface area (Å²) in [6.45, 7) is 3.47. The second-order valence-electron chi connectivity index (χ2n) is 6.97. The molecule has 0 saturated carbocycles. The number of carbonyl (C=O) groups excluding carboxylic acids is 1. The number of amides is 1. The quantitative estimate of drug-likeness (QED) is 0.450. The molecule has 4 rings (SSSR count). The van der Waals surface area contributed by atoms with E-state index >= 15 is 0 Å². The van der Waals surface area contributed by atoms with Gasteiger partial charge in [0.2, 0.25) is 0 Å². The monoisotopic (exact) mass is 456 g/mol. The van der Waals surface area contributed by atoms with E-state index in [2.05, 4.69) is 15.6 Å². The first-order valence-electron chi connectivity index (χ1n) is 9.16. The van der Waals surface area contributed by atoms with Gasteiger partial charge in [-0.15, -0.1) is 0 Å². The fraction of sp³-hybridized carbons (Fsp3) is 0.0952. The van der Waals surface area contributed by atoms with Crippen molar-refractivity contribution in [1.82, 2.24) is 0 Å². The summed E-state index contributed by atoms with van der Waals surface area (Å²) in [6, 6.07) is 15.1. The van der Waals surface area contributed by atoms with Crippen molar-refractivity contribution in [1.29, 1.82) is 0 Å². The zero-order valence-electron chi connectivity index (χ0n) is 16.5. The number of nitrogens with zero attached hydrogens (tertiary/aromatic N) is 3. The number of hydrogen-bond donors (Lipinski definition) is 2. The summed E-state index contributed by atoms with van der Waals surface area (Å²) < 4.78 is 33.9. The predicted octanol–water partition coefficient (Wildman–Crippen LogP) is 4.24. The number of carbonyl (C=O) groups is 1. The number of hydrazone groups is 2. The Kier molecular flexibility index (Phi) is 5.26. The molecule has 3 aromatic rings. The minimum absolute atomic E-state index is 0.00739. The van der Waals surface area contributed by atoms with Crippen LogP contribution in [0, 0.1) is 6.92 Å². The third kappa shape index (κ3) is 3.90. The maximum Gasteiger partial charge on any atom is 0.301 e. The second kappa shape index (κ2) is 7.77. The molecule has 0 aromatic heterocycles. The van der Waals surface area contributed by atoms with E-state index in [9.17, 15) is 17.8 Å². The van der Waals surface area contributed by atoms with E-state index in [1.54, 1.807) is 49.4 Å². The molecule has 158 valence electrons. The van der Waals surface area contributed by atoms with Crippen molar-refractivity contribution in [2.45, 2.75) is 18.7 Å². The molecule has 2 N–H and O–H groups in total. The molecule has 1 amide bonds. The van der Waals surface area contributed by atoms with Crippen molar-refractivity contribution in [2.75, 3.05) is 10.4 Å². The fourth-order valence-corrected chi connectivity index (χ4v) is 4.35. The maximum atomic E-state index is 12.9. The van der Waals surface area contributed by atoms with Gasteiger partial charge in [0.1, 0.15) is 4.90 Å². The van der Waals surface area contributed by atoms with Crippen LogP contribution in [0.5, 0.6) is 0 Å². The Morgan fingerprint density at radius 1 is 1.10 bits per heavy atom. The van der Waals surface area contributed by atoms with Gasteiger partial charge in [0.05, 0.1) is 22.1 Å². The van der Waals surface area contributed by atoms with E-state index in [1.807, 2.05) is 13.0 Å². The Balaban J connectivity index is 1.73. The van der Waals surface area contributed by atoms with Gasteiger partial charge in [-0.05, 0) is 43.0 Å². The number of aryl methyl sites for hydroxylation is 1. The SMILES string of the molecule is CC1=NN(c2cc(C)ccc2Cl)C(=O)/C1=N\Nc1ccc2ccccc2c1S(=O)(=O)O. The van der Waals surface area contributed by atoms with Crippen LogP contribution in [-0.2, 0) is 14.9 Å². The van der Waals surface area contributed by atoms with E-state index in [-0.39, 0.29) is 16.3 Å². The Labute approximate surface area is 183 Å². The van der Waals surface area contributed by atoms with Crippen LogP contribution in [0.25, 0.3) is 10.8 Å². The molecular formula is C21H17ClN4O4S. The first kappa shape index (κ1) is 21.0. The van der Waals surface area contributed by atoms with Crippen LogP contribution in [-0.4, -0.2) is 30.3 Å². The lowest BCUT2D eigenvalue weighted by Crippen LogP contribution is -2.28. The highest BCUT2D eigenvalue weighted by Gasteiger charge is 2.32. The molecule has 0 bridgehead atoms. The van der Waals surface area contributed by atoms with Gasteiger partial charge in [0.15, 0.2) is 5.71 Å². The molecule has 0 atom stereocenters. The lowest BCUT2D eigenvalue weighted by atomic mass is 10.1. The molecule has 10 heteroatoms. The van der Waals surface area contributed by atoms with E-state index in [4.69, 9.17) is 11.6 Å². The topological polar surface area (TPSA) is 111 Å². The Bertz CT molecular complexity index is 1400. The molecule has 1 aliphatic heterocycles. The van der Waals surface area contributed by atoms with Crippen molar-refractivity contribution in [3.05, 3.63) is 65.2 Å². The highest BCUT2D eigenvalue weighted by atomic mass is 35.5. The van der Waals surface area contributed by atoms with Crippen LogP contribution in [0.2, 0.25) is 5.02 Å². The van der Waals surface area contributed by atoms with Crippen molar-refractivity contribution in [2.24, 2.45) is 10.2 Å². The van der Waals surface area contributed by atoms with Gasteiger partial charge in [0.25, 0.3) is 10.1 Å². The summed E-state index contributed by atoms with van der Waals surface area (Å²) in [4.78, 5) is 12.6. The van der Waals surface area contributed by atoms with Crippen molar-refractivity contribution in [3.63, 3.8) is 0 Å². The van der Waals surface area contributed by atoms with E-state index in [0.29, 0.717) is 27.2 Å². The van der Waals surface area contributed by atoms with Gasteiger partial charge in [-0.1, -0.05) is 48.0 Å². The molecule has 1 heterocycles. The molecule has 1 aliphatic rings. The third-order valence-electron chi connectivity index (χ3n) is 4.74.